The third kappa shape index (κ3) is 3.39. The number of rotatable bonds is 6. The normalized spacial score (nSPS) is 20.9. The van der Waals surface area contributed by atoms with E-state index in [1.165, 1.54) is 12.8 Å². The van der Waals surface area contributed by atoms with E-state index in [0.29, 0.717) is 23.2 Å². The average molecular weight is 324 g/mol. The maximum atomic E-state index is 9.10. The SMILES string of the molecule is N#Cc1cccnc1NC[C@@H]1CCN(Cc2nc(C3CC3)no2)C1. The minimum Gasteiger partial charge on any atom is -0.369 e. The number of nitrogens with zero attached hydrogens (tertiary/aromatic N) is 5. The van der Waals surface area contributed by atoms with Crippen LogP contribution < -0.4 is 5.32 Å². The lowest BCUT2D eigenvalue weighted by molar-refractivity contribution is 0.261. The van der Waals surface area contributed by atoms with Gasteiger partial charge in [-0.2, -0.15) is 10.2 Å². The second-order valence-corrected chi connectivity index (χ2v) is 6.60. The smallest absolute Gasteiger partial charge is 0.240 e. The Hall–Kier alpha value is -2.46. The van der Waals surface area contributed by atoms with Gasteiger partial charge in [-0.15, -0.1) is 0 Å². The highest BCUT2D eigenvalue weighted by molar-refractivity contribution is 5.51. The Balaban J connectivity index is 1.27. The molecule has 124 valence electrons. The van der Waals surface area contributed by atoms with Crippen molar-refractivity contribution in [2.75, 3.05) is 25.0 Å². The molecule has 2 aromatic heterocycles. The molecule has 0 unspecified atom stereocenters. The summed E-state index contributed by atoms with van der Waals surface area (Å²) in [4.78, 5) is 11.1. The summed E-state index contributed by atoms with van der Waals surface area (Å²) in [5.41, 5.74) is 0.589. The molecule has 1 saturated heterocycles. The molecule has 2 aromatic rings. The highest BCUT2D eigenvalue weighted by Gasteiger charge is 2.30. The molecule has 0 bridgehead atoms. The van der Waals surface area contributed by atoms with Crippen molar-refractivity contribution in [3.63, 3.8) is 0 Å². The van der Waals surface area contributed by atoms with Crippen molar-refractivity contribution in [2.45, 2.75) is 31.7 Å². The molecule has 3 heterocycles. The van der Waals surface area contributed by atoms with E-state index < -0.39 is 0 Å². The van der Waals surface area contributed by atoms with Crippen LogP contribution in [-0.4, -0.2) is 39.7 Å². The van der Waals surface area contributed by atoms with Gasteiger partial charge in [0.05, 0.1) is 12.1 Å². The van der Waals surface area contributed by atoms with Gasteiger partial charge in [-0.3, -0.25) is 4.90 Å². The number of hydrogen-bond acceptors (Lipinski definition) is 7. The monoisotopic (exact) mass is 324 g/mol. The molecule has 1 atom stereocenters. The molecule has 0 radical (unpaired) electrons. The maximum absolute atomic E-state index is 9.10. The maximum Gasteiger partial charge on any atom is 0.240 e. The molecule has 4 rings (SSSR count). The van der Waals surface area contributed by atoms with Crippen LogP contribution in [0.5, 0.6) is 0 Å². The van der Waals surface area contributed by atoms with Gasteiger partial charge in [-0.25, -0.2) is 4.98 Å². The number of nitriles is 1. The molecule has 1 N–H and O–H groups in total. The zero-order chi connectivity index (χ0) is 16.4. The van der Waals surface area contributed by atoms with Crippen molar-refractivity contribution in [2.24, 2.45) is 5.92 Å². The summed E-state index contributed by atoms with van der Waals surface area (Å²) in [6.07, 6.45) is 5.20. The van der Waals surface area contributed by atoms with Gasteiger partial charge in [0.15, 0.2) is 5.82 Å². The highest BCUT2D eigenvalue weighted by atomic mass is 16.5. The summed E-state index contributed by atoms with van der Waals surface area (Å²) in [5.74, 6) is 3.34. The molecule has 24 heavy (non-hydrogen) atoms. The largest absolute Gasteiger partial charge is 0.369 e. The second-order valence-electron chi connectivity index (χ2n) is 6.60. The van der Waals surface area contributed by atoms with Gasteiger partial charge in [-0.05, 0) is 43.9 Å². The molecule has 0 aromatic carbocycles. The third-order valence-corrected chi connectivity index (χ3v) is 4.64. The molecule has 2 fully saturated rings. The van der Waals surface area contributed by atoms with Gasteiger partial charge in [0.2, 0.25) is 5.89 Å². The first-order chi connectivity index (χ1) is 11.8. The Morgan fingerprint density at radius 1 is 1.38 bits per heavy atom. The van der Waals surface area contributed by atoms with Crippen molar-refractivity contribution >= 4 is 5.82 Å². The average Bonchev–Trinajstić information content (AvgIpc) is 3.20. The van der Waals surface area contributed by atoms with Gasteiger partial charge < -0.3 is 9.84 Å². The molecule has 0 amide bonds. The predicted octanol–water partition coefficient (Wildman–Crippen LogP) is 2.15. The number of likely N-dealkylation sites (tertiary alicyclic amines) is 1. The predicted molar refractivity (Wildman–Crippen MR) is 87.1 cm³/mol. The second kappa shape index (κ2) is 6.57. The van der Waals surface area contributed by atoms with E-state index >= 15 is 0 Å². The Bertz CT molecular complexity index is 748. The van der Waals surface area contributed by atoms with Crippen molar-refractivity contribution in [1.29, 1.82) is 5.26 Å². The van der Waals surface area contributed by atoms with Crippen LogP contribution in [0.1, 0.15) is 42.5 Å². The molecule has 7 heteroatoms. The summed E-state index contributed by atoms with van der Waals surface area (Å²) in [6, 6.07) is 5.73. The Morgan fingerprint density at radius 2 is 2.29 bits per heavy atom. The lowest BCUT2D eigenvalue weighted by atomic mass is 10.1. The molecule has 2 aliphatic rings. The van der Waals surface area contributed by atoms with Gasteiger partial charge in [0.1, 0.15) is 11.9 Å². The van der Waals surface area contributed by atoms with Crippen LogP contribution in [0, 0.1) is 17.2 Å². The van der Waals surface area contributed by atoms with Gasteiger partial charge >= 0.3 is 0 Å². The Labute approximate surface area is 140 Å². The Kier molecular flexibility index (Phi) is 4.13. The van der Waals surface area contributed by atoms with E-state index in [-0.39, 0.29) is 0 Å². The van der Waals surface area contributed by atoms with Crippen molar-refractivity contribution in [3.8, 4) is 6.07 Å². The van der Waals surface area contributed by atoms with Crippen LogP contribution in [0.3, 0.4) is 0 Å². The minimum atomic E-state index is 0.532. The first-order valence-corrected chi connectivity index (χ1v) is 8.45. The fraction of sp³-hybridized carbons (Fsp3) is 0.529. The molecular formula is C17H20N6O. The lowest BCUT2D eigenvalue weighted by Gasteiger charge is -2.14. The van der Waals surface area contributed by atoms with Crippen LogP contribution in [0.25, 0.3) is 0 Å². The van der Waals surface area contributed by atoms with E-state index in [0.717, 1.165) is 44.3 Å². The van der Waals surface area contributed by atoms with Gasteiger partial charge in [-0.1, -0.05) is 5.16 Å². The fourth-order valence-electron chi connectivity index (χ4n) is 3.13. The van der Waals surface area contributed by atoms with Gasteiger partial charge in [0.25, 0.3) is 0 Å². The first-order valence-electron chi connectivity index (χ1n) is 8.45. The van der Waals surface area contributed by atoms with E-state index in [4.69, 9.17) is 9.78 Å². The number of nitrogens with one attached hydrogen (secondary N) is 1. The van der Waals surface area contributed by atoms with Crippen LogP contribution in [-0.2, 0) is 6.54 Å². The van der Waals surface area contributed by atoms with Crippen molar-refractivity contribution in [3.05, 3.63) is 35.6 Å². The van der Waals surface area contributed by atoms with Crippen LogP contribution in [0.2, 0.25) is 0 Å². The minimum absolute atomic E-state index is 0.532. The molecule has 7 nitrogen and oxygen atoms in total. The first kappa shape index (κ1) is 15.1. The van der Waals surface area contributed by atoms with E-state index in [2.05, 4.69) is 31.4 Å². The van der Waals surface area contributed by atoms with Crippen LogP contribution in [0.4, 0.5) is 5.82 Å². The van der Waals surface area contributed by atoms with Crippen molar-refractivity contribution < 1.29 is 4.52 Å². The quantitative estimate of drug-likeness (QED) is 0.870. The number of anilines is 1. The van der Waals surface area contributed by atoms with E-state index in [1.54, 1.807) is 18.3 Å². The van der Waals surface area contributed by atoms with Crippen LogP contribution in [0.15, 0.2) is 22.9 Å². The zero-order valence-corrected chi connectivity index (χ0v) is 13.5. The standard InChI is InChI=1S/C17H20N6O/c18-8-14-2-1-6-19-16(14)20-9-12-5-7-23(10-12)11-15-21-17(22-24-15)13-3-4-13/h1-2,6,12-13H,3-5,7,9-11H2,(H,19,20)/t12-/m0/s1. The third-order valence-electron chi connectivity index (χ3n) is 4.64. The molecular weight excluding hydrogens is 304 g/mol. The molecule has 1 aliphatic carbocycles. The number of hydrogen-bond donors (Lipinski definition) is 1. The summed E-state index contributed by atoms with van der Waals surface area (Å²) in [7, 11) is 0. The highest BCUT2D eigenvalue weighted by Crippen LogP contribution is 2.38. The summed E-state index contributed by atoms with van der Waals surface area (Å²) < 4.78 is 5.36. The lowest BCUT2D eigenvalue weighted by Crippen LogP contribution is -2.23. The van der Waals surface area contributed by atoms with Crippen molar-refractivity contribution in [1.82, 2.24) is 20.0 Å². The Morgan fingerprint density at radius 3 is 3.12 bits per heavy atom. The van der Waals surface area contributed by atoms with E-state index in [9.17, 15) is 0 Å². The zero-order valence-electron chi connectivity index (χ0n) is 13.5. The molecule has 0 spiro atoms. The summed E-state index contributed by atoms with van der Waals surface area (Å²) >= 11 is 0. The van der Waals surface area contributed by atoms with Crippen LogP contribution >= 0.6 is 0 Å². The summed E-state index contributed by atoms with van der Waals surface area (Å²) in [6.45, 7) is 3.56. The molecule has 1 saturated carbocycles. The fourth-order valence-corrected chi connectivity index (χ4v) is 3.13. The van der Waals surface area contributed by atoms with Gasteiger partial charge in [0, 0.05) is 25.2 Å². The molecule has 1 aliphatic heterocycles. The number of aromatic nitrogens is 3. The van der Waals surface area contributed by atoms with E-state index in [1.807, 2.05) is 0 Å². The topological polar surface area (TPSA) is 90.9 Å². The summed E-state index contributed by atoms with van der Waals surface area (Å²) in [5, 5.41) is 16.5. The number of pyridine rings is 1.